The Kier molecular flexibility index (Phi) is 4.29. The quantitative estimate of drug-likeness (QED) is 0.434. The van der Waals surface area contributed by atoms with E-state index in [9.17, 15) is 0 Å². The molecule has 4 rings (SSSR count). The molecule has 27 heavy (non-hydrogen) atoms. The molecule has 2 heterocycles. The fraction of sp³-hybridized carbons (Fsp3) is 0.158. The monoisotopic (exact) mass is 362 g/mol. The number of rotatable bonds is 5. The molecule has 0 bridgehead atoms. The molecular formula is C19H18N6O2. The minimum absolute atomic E-state index is 0.312. The van der Waals surface area contributed by atoms with Gasteiger partial charge in [-0.05, 0) is 24.3 Å². The molecule has 0 unspecified atom stereocenters. The van der Waals surface area contributed by atoms with Gasteiger partial charge in [0.25, 0.3) is 5.95 Å². The van der Waals surface area contributed by atoms with Crippen molar-refractivity contribution in [2.75, 3.05) is 19.6 Å². The molecule has 0 fully saturated rings. The van der Waals surface area contributed by atoms with E-state index in [2.05, 4.69) is 25.7 Å². The van der Waals surface area contributed by atoms with Gasteiger partial charge in [0.2, 0.25) is 0 Å². The predicted molar refractivity (Wildman–Crippen MR) is 105 cm³/mol. The van der Waals surface area contributed by atoms with Crippen LogP contribution in [0.3, 0.4) is 0 Å². The summed E-state index contributed by atoms with van der Waals surface area (Å²) in [6, 6.07) is 13.5. The molecule has 2 aromatic carbocycles. The first kappa shape index (κ1) is 16.8. The summed E-state index contributed by atoms with van der Waals surface area (Å²) in [7, 11) is 5.17. The summed E-state index contributed by atoms with van der Waals surface area (Å²) in [6.07, 6.45) is 1.62. The number of hydrogen-bond donors (Lipinski definition) is 1. The number of aryl methyl sites for hydroxylation is 1. The number of nitrogens with zero attached hydrogens (tertiary/aromatic N) is 5. The molecule has 1 N–H and O–H groups in total. The molecule has 0 saturated heterocycles. The number of anilines is 1. The molecule has 8 heteroatoms. The van der Waals surface area contributed by atoms with Crippen LogP contribution in [0.2, 0.25) is 0 Å². The van der Waals surface area contributed by atoms with E-state index < -0.39 is 0 Å². The first-order valence-corrected chi connectivity index (χ1v) is 8.30. The van der Waals surface area contributed by atoms with E-state index in [-0.39, 0.29) is 0 Å². The molecule has 0 amide bonds. The summed E-state index contributed by atoms with van der Waals surface area (Å²) in [6.45, 7) is 0. The van der Waals surface area contributed by atoms with Crippen LogP contribution >= 0.6 is 0 Å². The Morgan fingerprint density at radius 2 is 1.93 bits per heavy atom. The highest BCUT2D eigenvalue weighted by atomic mass is 16.5. The molecule has 136 valence electrons. The molecule has 0 aliphatic heterocycles. The Bertz CT molecular complexity index is 1150. The first-order valence-electron chi connectivity index (χ1n) is 8.30. The third kappa shape index (κ3) is 3.01. The molecule has 0 aliphatic rings. The van der Waals surface area contributed by atoms with E-state index in [4.69, 9.17) is 9.47 Å². The largest absolute Gasteiger partial charge is 0.497 e. The van der Waals surface area contributed by atoms with Gasteiger partial charge < -0.3 is 14.0 Å². The van der Waals surface area contributed by atoms with Crippen molar-refractivity contribution in [3.8, 4) is 11.5 Å². The standard InChI is InChI=1S/C19H18N6O2/c1-25-15-7-5-4-6-14(15)17-18(25)21-19(24-22-17)23-20-11-12-10-13(26-2)8-9-16(12)27-3/h4-11H,1-3H3,(H,21,23,24)/b20-11+. The highest BCUT2D eigenvalue weighted by Crippen LogP contribution is 2.25. The normalized spacial score (nSPS) is 11.4. The van der Waals surface area contributed by atoms with Gasteiger partial charge in [-0.2, -0.15) is 10.1 Å². The average molecular weight is 362 g/mol. The van der Waals surface area contributed by atoms with Crippen LogP contribution < -0.4 is 14.9 Å². The zero-order valence-corrected chi connectivity index (χ0v) is 15.2. The summed E-state index contributed by atoms with van der Waals surface area (Å²) in [4.78, 5) is 4.53. The Hall–Kier alpha value is -3.68. The second kappa shape index (κ2) is 6.91. The van der Waals surface area contributed by atoms with Crippen molar-refractivity contribution in [3.05, 3.63) is 48.0 Å². The number of benzene rings is 2. The lowest BCUT2D eigenvalue weighted by Gasteiger charge is -2.06. The molecule has 4 aromatic rings. The lowest BCUT2D eigenvalue weighted by molar-refractivity contribution is 0.402. The average Bonchev–Trinajstić information content (AvgIpc) is 3.00. The Morgan fingerprint density at radius 1 is 1.07 bits per heavy atom. The fourth-order valence-electron chi connectivity index (χ4n) is 2.95. The topological polar surface area (TPSA) is 86.5 Å². The third-order valence-electron chi connectivity index (χ3n) is 4.31. The van der Waals surface area contributed by atoms with Gasteiger partial charge in [-0.3, -0.25) is 0 Å². The summed E-state index contributed by atoms with van der Waals surface area (Å²) in [5, 5.41) is 13.6. The zero-order valence-electron chi connectivity index (χ0n) is 15.2. The predicted octanol–water partition coefficient (Wildman–Crippen LogP) is 2.98. The van der Waals surface area contributed by atoms with E-state index in [1.807, 2.05) is 54.1 Å². The van der Waals surface area contributed by atoms with Crippen LogP contribution in [-0.4, -0.2) is 40.2 Å². The van der Waals surface area contributed by atoms with Crippen molar-refractivity contribution in [1.29, 1.82) is 0 Å². The van der Waals surface area contributed by atoms with E-state index in [0.717, 1.165) is 27.6 Å². The summed E-state index contributed by atoms with van der Waals surface area (Å²) < 4.78 is 12.6. The van der Waals surface area contributed by atoms with Crippen LogP contribution in [0.4, 0.5) is 5.95 Å². The van der Waals surface area contributed by atoms with Gasteiger partial charge in [-0.15, -0.1) is 10.2 Å². The maximum Gasteiger partial charge on any atom is 0.265 e. The molecular weight excluding hydrogens is 344 g/mol. The molecule has 0 saturated carbocycles. The van der Waals surface area contributed by atoms with Crippen molar-refractivity contribution in [3.63, 3.8) is 0 Å². The maximum absolute atomic E-state index is 5.33. The first-order chi connectivity index (χ1) is 13.2. The highest BCUT2D eigenvalue weighted by molar-refractivity contribution is 6.04. The van der Waals surface area contributed by atoms with Gasteiger partial charge in [-0.1, -0.05) is 18.2 Å². The lowest BCUT2D eigenvalue weighted by atomic mass is 10.2. The highest BCUT2D eigenvalue weighted by Gasteiger charge is 2.11. The van der Waals surface area contributed by atoms with Crippen molar-refractivity contribution < 1.29 is 9.47 Å². The molecule has 2 aromatic heterocycles. The van der Waals surface area contributed by atoms with Gasteiger partial charge in [0, 0.05) is 18.0 Å². The second-order valence-electron chi connectivity index (χ2n) is 5.86. The van der Waals surface area contributed by atoms with Crippen LogP contribution in [0, 0.1) is 0 Å². The van der Waals surface area contributed by atoms with Crippen molar-refractivity contribution in [2.24, 2.45) is 12.1 Å². The number of hydrogen-bond acceptors (Lipinski definition) is 7. The fourth-order valence-corrected chi connectivity index (χ4v) is 2.95. The van der Waals surface area contributed by atoms with E-state index in [1.54, 1.807) is 20.4 Å². The van der Waals surface area contributed by atoms with Crippen molar-refractivity contribution >= 4 is 34.2 Å². The third-order valence-corrected chi connectivity index (χ3v) is 4.31. The second-order valence-corrected chi connectivity index (χ2v) is 5.86. The minimum atomic E-state index is 0.312. The lowest BCUT2D eigenvalue weighted by Crippen LogP contribution is -2.01. The molecule has 0 aliphatic carbocycles. The van der Waals surface area contributed by atoms with Crippen LogP contribution in [0.5, 0.6) is 11.5 Å². The molecule has 0 atom stereocenters. The number of hydrazone groups is 1. The summed E-state index contributed by atoms with van der Waals surface area (Å²) >= 11 is 0. The number of aromatic nitrogens is 4. The molecule has 0 spiro atoms. The van der Waals surface area contributed by atoms with Gasteiger partial charge in [0.15, 0.2) is 5.65 Å². The smallest absolute Gasteiger partial charge is 0.265 e. The number of para-hydroxylation sites is 1. The van der Waals surface area contributed by atoms with Gasteiger partial charge in [0.1, 0.15) is 17.0 Å². The number of nitrogens with one attached hydrogen (secondary N) is 1. The number of methoxy groups -OCH3 is 2. The molecule has 0 radical (unpaired) electrons. The van der Waals surface area contributed by atoms with Crippen LogP contribution in [0.1, 0.15) is 5.56 Å². The van der Waals surface area contributed by atoms with E-state index in [0.29, 0.717) is 17.4 Å². The van der Waals surface area contributed by atoms with E-state index in [1.165, 1.54) is 0 Å². The van der Waals surface area contributed by atoms with Crippen LogP contribution in [0.25, 0.3) is 22.1 Å². The summed E-state index contributed by atoms with van der Waals surface area (Å²) in [5.74, 6) is 1.71. The van der Waals surface area contributed by atoms with Gasteiger partial charge in [-0.25, -0.2) is 5.43 Å². The van der Waals surface area contributed by atoms with Crippen LogP contribution in [-0.2, 0) is 7.05 Å². The Balaban J connectivity index is 1.64. The van der Waals surface area contributed by atoms with Crippen LogP contribution in [0.15, 0.2) is 47.6 Å². The number of ether oxygens (including phenoxy) is 2. The van der Waals surface area contributed by atoms with Gasteiger partial charge in [0.05, 0.1) is 26.0 Å². The van der Waals surface area contributed by atoms with E-state index >= 15 is 0 Å². The maximum atomic E-state index is 5.33. The molecule has 8 nitrogen and oxygen atoms in total. The van der Waals surface area contributed by atoms with Crippen molar-refractivity contribution in [1.82, 2.24) is 19.7 Å². The minimum Gasteiger partial charge on any atom is -0.497 e. The Labute approximate surface area is 155 Å². The van der Waals surface area contributed by atoms with Gasteiger partial charge >= 0.3 is 0 Å². The zero-order chi connectivity index (χ0) is 18.8. The van der Waals surface area contributed by atoms with Crippen molar-refractivity contribution in [2.45, 2.75) is 0 Å². The number of fused-ring (bicyclic) bond motifs is 3. The SMILES string of the molecule is COc1ccc(OC)c(/C=N/Nc2nnc3c4ccccc4n(C)c3n2)c1. The summed E-state index contributed by atoms with van der Waals surface area (Å²) in [5.41, 5.74) is 6.14. The Morgan fingerprint density at radius 3 is 2.74 bits per heavy atom.